The maximum absolute atomic E-state index is 5.58. The van der Waals surface area contributed by atoms with Gasteiger partial charge >= 0.3 is 0 Å². The van der Waals surface area contributed by atoms with Gasteiger partial charge in [0.2, 0.25) is 0 Å². The zero-order chi connectivity index (χ0) is 14.2. The van der Waals surface area contributed by atoms with Crippen LogP contribution in [-0.4, -0.2) is 39.5 Å². The van der Waals surface area contributed by atoms with Crippen LogP contribution in [-0.2, 0) is 11.2 Å². The standard InChI is InChI=1S/C16H25NO3/c1-13(2)12-18-8-7-17-6-5-14-3-4-15-16(11-14)20-10-9-19-15/h3-4,11,13,17H,5-10,12H2,1-2H3. The third-order valence-corrected chi connectivity index (χ3v) is 3.07. The van der Waals surface area contributed by atoms with E-state index in [-0.39, 0.29) is 0 Å². The van der Waals surface area contributed by atoms with Gasteiger partial charge in [0.15, 0.2) is 11.5 Å². The van der Waals surface area contributed by atoms with Crippen molar-refractivity contribution in [1.29, 1.82) is 0 Å². The molecule has 0 saturated carbocycles. The van der Waals surface area contributed by atoms with Crippen molar-refractivity contribution in [2.75, 3.05) is 39.5 Å². The first-order valence-corrected chi connectivity index (χ1v) is 7.42. The summed E-state index contributed by atoms with van der Waals surface area (Å²) < 4.78 is 16.6. The van der Waals surface area contributed by atoms with Crippen molar-refractivity contribution >= 4 is 0 Å². The largest absolute Gasteiger partial charge is 0.486 e. The topological polar surface area (TPSA) is 39.7 Å². The summed E-state index contributed by atoms with van der Waals surface area (Å²) in [6.07, 6.45) is 0.987. The van der Waals surface area contributed by atoms with Gasteiger partial charge in [-0.2, -0.15) is 0 Å². The van der Waals surface area contributed by atoms with Crippen LogP contribution in [0.5, 0.6) is 11.5 Å². The van der Waals surface area contributed by atoms with Gasteiger partial charge in [0.25, 0.3) is 0 Å². The zero-order valence-corrected chi connectivity index (χ0v) is 12.5. The van der Waals surface area contributed by atoms with E-state index in [9.17, 15) is 0 Å². The molecule has 0 amide bonds. The molecule has 0 aromatic heterocycles. The Morgan fingerprint density at radius 1 is 1.15 bits per heavy atom. The molecule has 0 unspecified atom stereocenters. The normalized spacial score (nSPS) is 13.8. The van der Waals surface area contributed by atoms with E-state index in [0.717, 1.165) is 44.2 Å². The third kappa shape index (κ3) is 5.02. The highest BCUT2D eigenvalue weighted by Gasteiger charge is 2.11. The molecule has 2 rings (SSSR count). The van der Waals surface area contributed by atoms with Crippen molar-refractivity contribution < 1.29 is 14.2 Å². The number of hydrogen-bond donors (Lipinski definition) is 1. The van der Waals surface area contributed by atoms with Crippen LogP contribution in [0.1, 0.15) is 19.4 Å². The first-order chi connectivity index (χ1) is 9.75. The van der Waals surface area contributed by atoms with Crippen molar-refractivity contribution in [2.24, 2.45) is 5.92 Å². The van der Waals surface area contributed by atoms with E-state index < -0.39 is 0 Å². The summed E-state index contributed by atoms with van der Waals surface area (Å²) >= 11 is 0. The molecule has 0 saturated heterocycles. The Bertz CT molecular complexity index is 407. The molecule has 4 heteroatoms. The van der Waals surface area contributed by atoms with Crippen LogP contribution in [0.4, 0.5) is 0 Å². The van der Waals surface area contributed by atoms with Crippen LogP contribution in [0, 0.1) is 5.92 Å². The van der Waals surface area contributed by atoms with E-state index in [0.29, 0.717) is 19.1 Å². The summed E-state index contributed by atoms with van der Waals surface area (Å²) in [6.45, 7) is 9.07. The van der Waals surface area contributed by atoms with Crippen molar-refractivity contribution in [2.45, 2.75) is 20.3 Å². The minimum atomic E-state index is 0.604. The lowest BCUT2D eigenvalue weighted by Crippen LogP contribution is -2.23. The molecule has 1 heterocycles. The number of nitrogens with one attached hydrogen (secondary N) is 1. The molecule has 1 aliphatic heterocycles. The predicted molar refractivity (Wildman–Crippen MR) is 79.7 cm³/mol. The molecular weight excluding hydrogens is 254 g/mol. The second-order valence-corrected chi connectivity index (χ2v) is 5.45. The Morgan fingerprint density at radius 2 is 1.95 bits per heavy atom. The Hall–Kier alpha value is -1.26. The Labute approximate surface area is 121 Å². The van der Waals surface area contributed by atoms with Crippen molar-refractivity contribution in [1.82, 2.24) is 5.32 Å². The minimum Gasteiger partial charge on any atom is -0.486 e. The lowest BCUT2D eigenvalue weighted by Gasteiger charge is -2.18. The fraction of sp³-hybridized carbons (Fsp3) is 0.625. The molecule has 1 aromatic rings. The van der Waals surface area contributed by atoms with Gasteiger partial charge in [-0.05, 0) is 36.6 Å². The van der Waals surface area contributed by atoms with E-state index in [1.807, 2.05) is 6.07 Å². The maximum atomic E-state index is 5.58. The third-order valence-electron chi connectivity index (χ3n) is 3.07. The van der Waals surface area contributed by atoms with E-state index in [1.165, 1.54) is 5.56 Å². The number of ether oxygens (including phenoxy) is 3. The molecule has 0 fully saturated rings. The number of fused-ring (bicyclic) bond motifs is 1. The quantitative estimate of drug-likeness (QED) is 0.741. The average Bonchev–Trinajstić information content (AvgIpc) is 2.46. The second kappa shape index (κ2) is 8.12. The summed E-state index contributed by atoms with van der Waals surface area (Å²) in [7, 11) is 0. The Balaban J connectivity index is 1.62. The van der Waals surface area contributed by atoms with Crippen LogP contribution >= 0.6 is 0 Å². The molecule has 1 aliphatic rings. The summed E-state index contributed by atoms with van der Waals surface area (Å²) in [4.78, 5) is 0. The summed E-state index contributed by atoms with van der Waals surface area (Å²) in [5.74, 6) is 2.33. The van der Waals surface area contributed by atoms with Crippen LogP contribution in [0.2, 0.25) is 0 Å². The van der Waals surface area contributed by atoms with Gasteiger partial charge in [0.05, 0.1) is 6.61 Å². The van der Waals surface area contributed by atoms with E-state index in [4.69, 9.17) is 14.2 Å². The van der Waals surface area contributed by atoms with Gasteiger partial charge in [-0.25, -0.2) is 0 Å². The molecule has 112 valence electrons. The molecule has 0 aliphatic carbocycles. The summed E-state index contributed by atoms with van der Waals surface area (Å²) in [5.41, 5.74) is 1.27. The van der Waals surface area contributed by atoms with E-state index >= 15 is 0 Å². The summed E-state index contributed by atoms with van der Waals surface area (Å²) in [6, 6.07) is 6.17. The molecule has 1 aromatic carbocycles. The molecule has 4 nitrogen and oxygen atoms in total. The highest BCUT2D eigenvalue weighted by atomic mass is 16.6. The predicted octanol–water partition coefficient (Wildman–Crippen LogP) is 2.26. The smallest absolute Gasteiger partial charge is 0.161 e. The molecule has 0 spiro atoms. The highest BCUT2D eigenvalue weighted by molar-refractivity contribution is 5.43. The Morgan fingerprint density at radius 3 is 2.75 bits per heavy atom. The molecule has 0 bridgehead atoms. The second-order valence-electron chi connectivity index (χ2n) is 5.45. The van der Waals surface area contributed by atoms with Gasteiger partial charge in [-0.1, -0.05) is 19.9 Å². The maximum Gasteiger partial charge on any atom is 0.161 e. The Kier molecular flexibility index (Phi) is 6.15. The van der Waals surface area contributed by atoms with Crippen molar-refractivity contribution in [3.8, 4) is 11.5 Å². The molecule has 1 N–H and O–H groups in total. The number of hydrogen-bond acceptors (Lipinski definition) is 4. The fourth-order valence-corrected chi connectivity index (χ4v) is 2.06. The average molecular weight is 279 g/mol. The zero-order valence-electron chi connectivity index (χ0n) is 12.5. The van der Waals surface area contributed by atoms with Crippen molar-refractivity contribution in [3.05, 3.63) is 23.8 Å². The fourth-order valence-electron chi connectivity index (χ4n) is 2.06. The monoisotopic (exact) mass is 279 g/mol. The molecule has 20 heavy (non-hydrogen) atoms. The van der Waals surface area contributed by atoms with Crippen LogP contribution < -0.4 is 14.8 Å². The summed E-state index contributed by atoms with van der Waals surface area (Å²) in [5, 5.41) is 3.39. The SMILES string of the molecule is CC(C)COCCNCCc1ccc2c(c1)OCCO2. The minimum absolute atomic E-state index is 0.604. The molecule has 0 atom stereocenters. The van der Waals surface area contributed by atoms with Crippen LogP contribution in [0.3, 0.4) is 0 Å². The van der Waals surface area contributed by atoms with Gasteiger partial charge in [0.1, 0.15) is 13.2 Å². The molecule has 0 radical (unpaired) electrons. The van der Waals surface area contributed by atoms with Gasteiger partial charge < -0.3 is 19.5 Å². The van der Waals surface area contributed by atoms with Crippen LogP contribution in [0.25, 0.3) is 0 Å². The lowest BCUT2D eigenvalue weighted by molar-refractivity contribution is 0.112. The molecular formula is C16H25NO3. The van der Waals surface area contributed by atoms with Crippen molar-refractivity contribution in [3.63, 3.8) is 0 Å². The van der Waals surface area contributed by atoms with Gasteiger partial charge in [0, 0.05) is 13.2 Å². The first kappa shape index (κ1) is 15.1. The van der Waals surface area contributed by atoms with E-state index in [2.05, 4.69) is 31.3 Å². The number of benzene rings is 1. The van der Waals surface area contributed by atoms with Gasteiger partial charge in [-0.3, -0.25) is 0 Å². The van der Waals surface area contributed by atoms with E-state index in [1.54, 1.807) is 0 Å². The first-order valence-electron chi connectivity index (χ1n) is 7.42. The highest BCUT2D eigenvalue weighted by Crippen LogP contribution is 2.30. The lowest BCUT2D eigenvalue weighted by atomic mass is 10.1. The van der Waals surface area contributed by atoms with Gasteiger partial charge in [-0.15, -0.1) is 0 Å². The van der Waals surface area contributed by atoms with Crippen LogP contribution in [0.15, 0.2) is 18.2 Å². The number of rotatable bonds is 8.